The van der Waals surface area contributed by atoms with Gasteiger partial charge in [-0.3, -0.25) is 9.48 Å². The highest BCUT2D eigenvalue weighted by molar-refractivity contribution is 5.79. The third kappa shape index (κ3) is 3.74. The molecule has 1 aromatic carbocycles. The molecule has 22 heavy (non-hydrogen) atoms. The molecule has 5 nitrogen and oxygen atoms in total. The molecule has 1 unspecified atom stereocenters. The molecule has 2 N–H and O–H groups in total. The number of aliphatic hydroxyl groups excluding tert-OH is 1. The summed E-state index contributed by atoms with van der Waals surface area (Å²) >= 11 is 0. The van der Waals surface area contributed by atoms with Crippen molar-refractivity contribution in [1.29, 1.82) is 0 Å². The van der Waals surface area contributed by atoms with E-state index in [1.807, 2.05) is 51.2 Å². The monoisotopic (exact) mass is 301 g/mol. The van der Waals surface area contributed by atoms with Crippen LogP contribution < -0.4 is 5.32 Å². The number of aryl methyl sites for hydroxylation is 2. The van der Waals surface area contributed by atoms with Crippen LogP contribution in [0.25, 0.3) is 0 Å². The number of rotatable bonds is 6. The van der Waals surface area contributed by atoms with Gasteiger partial charge in [-0.05, 0) is 25.8 Å². The first-order valence-electron chi connectivity index (χ1n) is 7.47. The first-order chi connectivity index (χ1) is 10.5. The summed E-state index contributed by atoms with van der Waals surface area (Å²) in [6.07, 6.45) is 0.807. The smallest absolute Gasteiger partial charge is 0.225 e. The van der Waals surface area contributed by atoms with Crippen molar-refractivity contribution < 1.29 is 9.90 Å². The van der Waals surface area contributed by atoms with Gasteiger partial charge in [0.2, 0.25) is 5.91 Å². The molecule has 0 radical (unpaired) electrons. The van der Waals surface area contributed by atoms with Crippen LogP contribution in [0.15, 0.2) is 30.3 Å². The second kappa shape index (κ2) is 7.22. The number of aromatic nitrogens is 2. The van der Waals surface area contributed by atoms with Crippen LogP contribution >= 0.6 is 0 Å². The van der Waals surface area contributed by atoms with Crippen LogP contribution in [0.3, 0.4) is 0 Å². The molecule has 0 fully saturated rings. The number of hydrogen-bond acceptors (Lipinski definition) is 3. The Morgan fingerprint density at radius 2 is 2.00 bits per heavy atom. The number of aliphatic hydroxyl groups is 1. The molecule has 2 aromatic rings. The highest BCUT2D eigenvalue weighted by atomic mass is 16.3. The Kier molecular flexibility index (Phi) is 5.33. The SMILES string of the molecule is Cc1nn(C)c(C)c1CC(=O)NC(CCO)c1ccccc1. The number of amides is 1. The number of carbonyl (C=O) groups is 1. The first kappa shape index (κ1) is 16.2. The Labute approximate surface area is 131 Å². The second-order valence-electron chi connectivity index (χ2n) is 5.49. The summed E-state index contributed by atoms with van der Waals surface area (Å²) in [5, 5.41) is 16.6. The zero-order valence-corrected chi connectivity index (χ0v) is 13.3. The molecule has 2 rings (SSSR count). The molecule has 0 bridgehead atoms. The molecular formula is C17H23N3O2. The van der Waals surface area contributed by atoms with Crippen molar-refractivity contribution >= 4 is 5.91 Å². The number of nitrogens with one attached hydrogen (secondary N) is 1. The summed E-state index contributed by atoms with van der Waals surface area (Å²) in [7, 11) is 1.88. The fourth-order valence-corrected chi connectivity index (χ4v) is 2.62. The number of carbonyl (C=O) groups excluding carboxylic acids is 1. The lowest BCUT2D eigenvalue weighted by Crippen LogP contribution is -2.30. The van der Waals surface area contributed by atoms with Gasteiger partial charge in [0.1, 0.15) is 0 Å². The maximum Gasteiger partial charge on any atom is 0.225 e. The van der Waals surface area contributed by atoms with Gasteiger partial charge in [0.25, 0.3) is 0 Å². The minimum Gasteiger partial charge on any atom is -0.396 e. The molecule has 0 spiro atoms. The molecule has 118 valence electrons. The van der Waals surface area contributed by atoms with Crippen LogP contribution in [-0.4, -0.2) is 27.4 Å². The van der Waals surface area contributed by atoms with Crippen molar-refractivity contribution in [3.8, 4) is 0 Å². The van der Waals surface area contributed by atoms with Crippen molar-refractivity contribution in [2.45, 2.75) is 32.7 Å². The maximum atomic E-state index is 12.4. The fourth-order valence-electron chi connectivity index (χ4n) is 2.62. The van der Waals surface area contributed by atoms with E-state index in [0.717, 1.165) is 22.5 Å². The van der Waals surface area contributed by atoms with E-state index in [2.05, 4.69) is 10.4 Å². The summed E-state index contributed by atoms with van der Waals surface area (Å²) in [6.45, 7) is 3.91. The van der Waals surface area contributed by atoms with Crippen molar-refractivity contribution in [1.82, 2.24) is 15.1 Å². The molecule has 0 aliphatic carbocycles. The van der Waals surface area contributed by atoms with E-state index < -0.39 is 0 Å². The average molecular weight is 301 g/mol. The zero-order chi connectivity index (χ0) is 16.1. The van der Waals surface area contributed by atoms with Crippen molar-refractivity contribution in [2.75, 3.05) is 6.61 Å². The van der Waals surface area contributed by atoms with Gasteiger partial charge in [-0.15, -0.1) is 0 Å². The van der Waals surface area contributed by atoms with Crippen LogP contribution in [0.5, 0.6) is 0 Å². The van der Waals surface area contributed by atoms with Gasteiger partial charge >= 0.3 is 0 Å². The van der Waals surface area contributed by atoms with Crippen LogP contribution in [0.2, 0.25) is 0 Å². The van der Waals surface area contributed by atoms with E-state index in [4.69, 9.17) is 0 Å². The van der Waals surface area contributed by atoms with E-state index in [9.17, 15) is 9.90 Å². The largest absolute Gasteiger partial charge is 0.396 e. The van der Waals surface area contributed by atoms with E-state index in [-0.39, 0.29) is 18.6 Å². The summed E-state index contributed by atoms with van der Waals surface area (Å²) in [6, 6.07) is 9.55. The summed E-state index contributed by atoms with van der Waals surface area (Å²) < 4.78 is 1.79. The lowest BCUT2D eigenvalue weighted by atomic mass is 10.0. The highest BCUT2D eigenvalue weighted by Crippen LogP contribution is 2.17. The van der Waals surface area contributed by atoms with E-state index >= 15 is 0 Å². The summed E-state index contributed by atoms with van der Waals surface area (Å²) in [5.74, 6) is -0.0542. The molecule has 5 heteroatoms. The van der Waals surface area contributed by atoms with Gasteiger partial charge in [0.15, 0.2) is 0 Å². The zero-order valence-electron chi connectivity index (χ0n) is 13.3. The molecule has 1 amide bonds. The summed E-state index contributed by atoms with van der Waals surface area (Å²) in [5.41, 5.74) is 3.86. The standard InChI is InChI=1S/C17H23N3O2/c1-12-15(13(2)20(3)19-12)11-17(22)18-16(9-10-21)14-7-5-4-6-8-14/h4-8,16,21H,9-11H2,1-3H3,(H,18,22). The van der Waals surface area contributed by atoms with Gasteiger partial charge in [-0.25, -0.2) is 0 Å². The predicted octanol–water partition coefficient (Wildman–Crippen LogP) is 1.82. The Balaban J connectivity index is 2.08. The number of nitrogens with zero attached hydrogens (tertiary/aromatic N) is 2. The molecule has 0 saturated heterocycles. The molecule has 1 atom stereocenters. The molecule has 0 saturated carbocycles. The Bertz CT molecular complexity index is 635. The van der Waals surface area contributed by atoms with Gasteiger partial charge in [0.05, 0.1) is 18.2 Å². The van der Waals surface area contributed by atoms with Crippen LogP contribution in [0.1, 0.15) is 35.0 Å². The Morgan fingerprint density at radius 1 is 1.32 bits per heavy atom. The number of hydrogen-bond donors (Lipinski definition) is 2. The molecule has 1 heterocycles. The van der Waals surface area contributed by atoms with Crippen molar-refractivity contribution in [3.63, 3.8) is 0 Å². The number of benzene rings is 1. The average Bonchev–Trinajstić information content (AvgIpc) is 2.74. The van der Waals surface area contributed by atoms with Crippen molar-refractivity contribution in [3.05, 3.63) is 52.8 Å². The van der Waals surface area contributed by atoms with Crippen molar-refractivity contribution in [2.24, 2.45) is 7.05 Å². The lowest BCUT2D eigenvalue weighted by Gasteiger charge is -2.18. The normalized spacial score (nSPS) is 12.2. The third-order valence-corrected chi connectivity index (χ3v) is 3.95. The molecule has 0 aliphatic heterocycles. The second-order valence-corrected chi connectivity index (χ2v) is 5.49. The molecular weight excluding hydrogens is 278 g/mol. The Hall–Kier alpha value is -2.14. The molecule has 0 aliphatic rings. The van der Waals surface area contributed by atoms with Gasteiger partial charge in [0, 0.05) is 24.9 Å². The molecule has 1 aromatic heterocycles. The van der Waals surface area contributed by atoms with Gasteiger partial charge in [-0.1, -0.05) is 30.3 Å². The van der Waals surface area contributed by atoms with Crippen LogP contribution in [-0.2, 0) is 18.3 Å². The van der Waals surface area contributed by atoms with E-state index in [1.165, 1.54) is 0 Å². The van der Waals surface area contributed by atoms with Gasteiger partial charge < -0.3 is 10.4 Å². The highest BCUT2D eigenvalue weighted by Gasteiger charge is 2.17. The van der Waals surface area contributed by atoms with E-state index in [0.29, 0.717) is 12.8 Å². The topological polar surface area (TPSA) is 67.2 Å². The Morgan fingerprint density at radius 3 is 2.55 bits per heavy atom. The van der Waals surface area contributed by atoms with Gasteiger partial charge in [-0.2, -0.15) is 5.10 Å². The summed E-state index contributed by atoms with van der Waals surface area (Å²) in [4.78, 5) is 12.4. The first-order valence-corrected chi connectivity index (χ1v) is 7.47. The lowest BCUT2D eigenvalue weighted by molar-refractivity contribution is -0.121. The minimum atomic E-state index is -0.170. The predicted molar refractivity (Wildman–Crippen MR) is 85.4 cm³/mol. The third-order valence-electron chi connectivity index (χ3n) is 3.95. The maximum absolute atomic E-state index is 12.4. The fraction of sp³-hybridized carbons (Fsp3) is 0.412. The quantitative estimate of drug-likeness (QED) is 0.855. The van der Waals surface area contributed by atoms with E-state index in [1.54, 1.807) is 4.68 Å². The van der Waals surface area contributed by atoms with Crippen LogP contribution in [0, 0.1) is 13.8 Å². The van der Waals surface area contributed by atoms with Crippen LogP contribution in [0.4, 0.5) is 0 Å². The minimum absolute atomic E-state index is 0.0325.